The first-order valence-corrected chi connectivity index (χ1v) is 7.99. The fourth-order valence-electron chi connectivity index (χ4n) is 2.30. The summed E-state index contributed by atoms with van der Waals surface area (Å²) in [6.45, 7) is 0.651. The molecular formula is C16H13N5OS. The van der Waals surface area contributed by atoms with E-state index in [0.29, 0.717) is 24.0 Å². The number of thiophene rings is 1. The molecule has 0 saturated heterocycles. The molecule has 4 rings (SSSR count). The third-order valence-electron chi connectivity index (χ3n) is 3.41. The van der Waals surface area contributed by atoms with Gasteiger partial charge in [-0.2, -0.15) is 9.50 Å². The Bertz CT molecular complexity index is 988. The van der Waals surface area contributed by atoms with Crippen LogP contribution in [0, 0.1) is 0 Å². The van der Waals surface area contributed by atoms with Gasteiger partial charge in [0.25, 0.3) is 11.3 Å². The van der Waals surface area contributed by atoms with Crippen LogP contribution in [0.25, 0.3) is 17.0 Å². The highest BCUT2D eigenvalue weighted by atomic mass is 32.1. The van der Waals surface area contributed by atoms with E-state index in [9.17, 15) is 4.79 Å². The largest absolute Gasteiger partial charge is 0.350 e. The first-order chi connectivity index (χ1) is 11.3. The third kappa shape index (κ3) is 2.74. The number of hydrogen-bond acceptors (Lipinski definition) is 5. The standard InChI is InChI=1S/C16H13N5OS/c22-14-9-13(11-5-2-1-3-6-11)18-16-19-15(20-21(14)16)17-10-12-7-4-8-23-12/h1-9H,10H2,(H2,17,18,19,20). The van der Waals surface area contributed by atoms with E-state index in [1.165, 1.54) is 15.5 Å². The Labute approximate surface area is 135 Å². The van der Waals surface area contributed by atoms with Crippen molar-refractivity contribution in [1.82, 2.24) is 19.6 Å². The molecule has 0 fully saturated rings. The number of H-pyrrole nitrogens is 1. The molecule has 3 aromatic heterocycles. The second-order valence-corrected chi connectivity index (χ2v) is 6.02. The van der Waals surface area contributed by atoms with Gasteiger partial charge in [0.1, 0.15) is 0 Å². The second kappa shape index (κ2) is 5.69. The topological polar surface area (TPSA) is 75.1 Å². The summed E-state index contributed by atoms with van der Waals surface area (Å²) >= 11 is 1.66. The summed E-state index contributed by atoms with van der Waals surface area (Å²) in [4.78, 5) is 22.2. The molecule has 0 amide bonds. The molecule has 4 aromatic rings. The van der Waals surface area contributed by atoms with Crippen LogP contribution in [-0.4, -0.2) is 19.6 Å². The van der Waals surface area contributed by atoms with Crippen molar-refractivity contribution >= 4 is 23.1 Å². The monoisotopic (exact) mass is 323 g/mol. The highest BCUT2D eigenvalue weighted by Gasteiger charge is 2.09. The van der Waals surface area contributed by atoms with Crippen molar-refractivity contribution in [1.29, 1.82) is 0 Å². The maximum Gasteiger partial charge on any atom is 0.274 e. The first-order valence-electron chi connectivity index (χ1n) is 7.11. The van der Waals surface area contributed by atoms with Crippen LogP contribution in [0.1, 0.15) is 4.88 Å². The lowest BCUT2D eigenvalue weighted by Gasteiger charge is -1.99. The number of anilines is 1. The van der Waals surface area contributed by atoms with Crippen LogP contribution in [-0.2, 0) is 6.54 Å². The van der Waals surface area contributed by atoms with Crippen LogP contribution in [0.15, 0.2) is 58.7 Å². The Kier molecular flexibility index (Phi) is 3.39. The molecule has 0 aliphatic carbocycles. The highest BCUT2D eigenvalue weighted by molar-refractivity contribution is 7.09. The van der Waals surface area contributed by atoms with Gasteiger partial charge < -0.3 is 5.32 Å². The van der Waals surface area contributed by atoms with Gasteiger partial charge in [-0.15, -0.1) is 11.3 Å². The summed E-state index contributed by atoms with van der Waals surface area (Å²) in [5, 5.41) is 8.12. The molecular weight excluding hydrogens is 310 g/mol. The maximum absolute atomic E-state index is 12.2. The normalized spacial score (nSPS) is 11.0. The SMILES string of the molecule is O=c1cc(-c2ccccc2)nc2nc(NCc3cccs3)[nH]n12. The summed E-state index contributed by atoms with van der Waals surface area (Å²) in [5.41, 5.74) is 1.32. The summed E-state index contributed by atoms with van der Waals surface area (Å²) in [7, 11) is 0. The maximum atomic E-state index is 12.2. The van der Waals surface area contributed by atoms with E-state index in [2.05, 4.69) is 20.4 Å². The number of nitrogens with zero attached hydrogens (tertiary/aromatic N) is 3. The number of benzene rings is 1. The number of hydrogen-bond donors (Lipinski definition) is 2. The van der Waals surface area contributed by atoms with Gasteiger partial charge in [-0.05, 0) is 11.4 Å². The minimum atomic E-state index is -0.189. The molecule has 2 N–H and O–H groups in total. The van der Waals surface area contributed by atoms with Crippen molar-refractivity contribution < 1.29 is 0 Å². The van der Waals surface area contributed by atoms with Crippen LogP contribution < -0.4 is 10.9 Å². The lowest BCUT2D eigenvalue weighted by molar-refractivity contribution is 0.897. The molecule has 3 heterocycles. The molecule has 0 atom stereocenters. The molecule has 7 heteroatoms. The quantitative estimate of drug-likeness (QED) is 0.605. The van der Waals surface area contributed by atoms with E-state index in [-0.39, 0.29) is 5.56 Å². The Balaban J connectivity index is 1.68. The molecule has 1 aromatic carbocycles. The Morgan fingerprint density at radius 1 is 1.13 bits per heavy atom. The number of nitrogens with one attached hydrogen (secondary N) is 2. The zero-order valence-electron chi connectivity index (χ0n) is 12.1. The predicted octanol–water partition coefficient (Wildman–Crippen LogP) is 2.76. The van der Waals surface area contributed by atoms with E-state index >= 15 is 0 Å². The van der Waals surface area contributed by atoms with Gasteiger partial charge >= 0.3 is 0 Å². The van der Waals surface area contributed by atoms with Crippen LogP contribution in [0.3, 0.4) is 0 Å². The van der Waals surface area contributed by atoms with E-state index < -0.39 is 0 Å². The van der Waals surface area contributed by atoms with Crippen LogP contribution in [0.2, 0.25) is 0 Å². The highest BCUT2D eigenvalue weighted by Crippen LogP contribution is 2.15. The summed E-state index contributed by atoms with van der Waals surface area (Å²) in [6.07, 6.45) is 0. The van der Waals surface area contributed by atoms with Gasteiger partial charge in [0.15, 0.2) is 0 Å². The van der Waals surface area contributed by atoms with Crippen LogP contribution >= 0.6 is 11.3 Å². The second-order valence-electron chi connectivity index (χ2n) is 4.99. The third-order valence-corrected chi connectivity index (χ3v) is 4.29. The van der Waals surface area contributed by atoms with Gasteiger partial charge in [0.2, 0.25) is 5.95 Å². The van der Waals surface area contributed by atoms with Crippen molar-refractivity contribution in [2.24, 2.45) is 0 Å². The predicted molar refractivity (Wildman–Crippen MR) is 90.7 cm³/mol. The van der Waals surface area contributed by atoms with Crippen molar-refractivity contribution in [3.63, 3.8) is 0 Å². The Hall–Kier alpha value is -2.93. The number of aromatic nitrogens is 4. The molecule has 0 bridgehead atoms. The zero-order chi connectivity index (χ0) is 15.6. The average molecular weight is 323 g/mol. The van der Waals surface area contributed by atoms with Crippen molar-refractivity contribution in [2.75, 3.05) is 5.32 Å². The summed E-state index contributed by atoms with van der Waals surface area (Å²) in [5.74, 6) is 0.873. The minimum Gasteiger partial charge on any atom is -0.350 e. The Morgan fingerprint density at radius 2 is 2.00 bits per heavy atom. The summed E-state index contributed by atoms with van der Waals surface area (Å²) < 4.78 is 1.34. The molecule has 0 aliphatic rings. The van der Waals surface area contributed by atoms with Gasteiger partial charge in [0, 0.05) is 16.5 Å². The first kappa shape index (κ1) is 13.7. The lowest BCUT2D eigenvalue weighted by Crippen LogP contribution is -2.14. The van der Waals surface area contributed by atoms with E-state index in [1.54, 1.807) is 11.3 Å². The molecule has 0 radical (unpaired) electrons. The van der Waals surface area contributed by atoms with E-state index in [0.717, 1.165) is 5.56 Å². The van der Waals surface area contributed by atoms with Crippen LogP contribution in [0.4, 0.5) is 5.95 Å². The molecule has 23 heavy (non-hydrogen) atoms. The zero-order valence-corrected chi connectivity index (χ0v) is 12.9. The van der Waals surface area contributed by atoms with Crippen molar-refractivity contribution in [3.05, 3.63) is 69.1 Å². The van der Waals surface area contributed by atoms with Crippen molar-refractivity contribution in [3.8, 4) is 11.3 Å². The molecule has 0 aliphatic heterocycles. The molecule has 0 saturated carbocycles. The minimum absolute atomic E-state index is 0.189. The van der Waals surface area contributed by atoms with Gasteiger partial charge in [0.05, 0.1) is 12.2 Å². The number of rotatable bonds is 4. The van der Waals surface area contributed by atoms with E-state index in [4.69, 9.17) is 0 Å². The molecule has 114 valence electrons. The summed E-state index contributed by atoms with van der Waals surface area (Å²) in [6, 6.07) is 15.1. The molecule has 0 unspecified atom stereocenters. The lowest BCUT2D eigenvalue weighted by atomic mass is 10.1. The van der Waals surface area contributed by atoms with E-state index in [1.807, 2.05) is 47.8 Å². The fourth-order valence-corrected chi connectivity index (χ4v) is 2.95. The molecule has 6 nitrogen and oxygen atoms in total. The van der Waals surface area contributed by atoms with Gasteiger partial charge in [-0.3, -0.25) is 9.89 Å². The average Bonchev–Trinajstić information content (AvgIpc) is 3.23. The van der Waals surface area contributed by atoms with Crippen molar-refractivity contribution in [2.45, 2.75) is 6.54 Å². The van der Waals surface area contributed by atoms with Gasteiger partial charge in [-0.1, -0.05) is 36.4 Å². The molecule has 0 spiro atoms. The van der Waals surface area contributed by atoms with Gasteiger partial charge in [-0.25, -0.2) is 4.98 Å². The smallest absolute Gasteiger partial charge is 0.274 e. The van der Waals surface area contributed by atoms with Crippen LogP contribution in [0.5, 0.6) is 0 Å². The fraction of sp³-hybridized carbons (Fsp3) is 0.0625. The Morgan fingerprint density at radius 3 is 2.78 bits per heavy atom. The number of aromatic amines is 1. The number of fused-ring (bicyclic) bond motifs is 1.